The van der Waals surface area contributed by atoms with Crippen LogP contribution in [0.25, 0.3) is 0 Å². The van der Waals surface area contributed by atoms with Crippen LogP contribution in [0.1, 0.15) is 45.3 Å². The van der Waals surface area contributed by atoms with Crippen LogP contribution in [-0.4, -0.2) is 50.7 Å². The third kappa shape index (κ3) is 3.47. The minimum Gasteiger partial charge on any atom is -0.465 e. The van der Waals surface area contributed by atoms with Gasteiger partial charge in [0.05, 0.1) is 22.4 Å². The quantitative estimate of drug-likeness (QED) is 0.735. The Bertz CT molecular complexity index is 689. The average Bonchev–Trinajstić information content (AvgIpc) is 2.97. The number of aromatic nitrogens is 2. The van der Waals surface area contributed by atoms with Gasteiger partial charge in [0.2, 0.25) is 0 Å². The van der Waals surface area contributed by atoms with Crippen molar-refractivity contribution in [2.45, 2.75) is 51.8 Å². The largest absolute Gasteiger partial charge is 0.465 e. The topological polar surface area (TPSA) is 96.7 Å². The van der Waals surface area contributed by atoms with Gasteiger partial charge in [0.25, 0.3) is 0 Å². The first kappa shape index (κ1) is 18.0. The second kappa shape index (κ2) is 6.19. The van der Waals surface area contributed by atoms with E-state index >= 15 is 0 Å². The molecule has 9 heteroatoms. The number of nitrogens with zero attached hydrogens (tertiary/aromatic N) is 3. The van der Waals surface area contributed by atoms with Crippen molar-refractivity contribution in [1.82, 2.24) is 20.0 Å². The Balaban J connectivity index is 1.84. The molecule has 1 spiro atoms. The third-order valence-electron chi connectivity index (χ3n) is 4.87. The van der Waals surface area contributed by atoms with Crippen LogP contribution < -0.4 is 5.32 Å². The zero-order valence-corrected chi connectivity index (χ0v) is 16.2. The first-order valence-electron chi connectivity index (χ1n) is 8.30. The molecule has 1 aromatic heterocycles. The highest BCUT2D eigenvalue weighted by molar-refractivity contribution is 9.10. The van der Waals surface area contributed by atoms with E-state index in [1.54, 1.807) is 6.20 Å². The van der Waals surface area contributed by atoms with E-state index in [4.69, 9.17) is 4.74 Å². The Morgan fingerprint density at radius 1 is 1.40 bits per heavy atom. The van der Waals surface area contributed by atoms with Crippen LogP contribution in [0.3, 0.4) is 0 Å². The standard InChI is InChI=1S/C16H23BrN4O4/c1-15(2,3)25-13(22)19-12-11-10(17)8-18-21(11)9-16(12)4-6-20(7-5-16)14(23)24/h8,12H,4-7,9H2,1-3H3,(H,19,22)(H,23,24)/t12-/m1/s1. The molecule has 0 bridgehead atoms. The Kier molecular flexibility index (Phi) is 4.47. The summed E-state index contributed by atoms with van der Waals surface area (Å²) in [6.45, 7) is 7.02. The van der Waals surface area contributed by atoms with Crippen LogP contribution in [-0.2, 0) is 11.3 Å². The maximum absolute atomic E-state index is 12.4. The molecule has 1 atom stereocenters. The lowest BCUT2D eigenvalue weighted by Crippen LogP contribution is -2.48. The van der Waals surface area contributed by atoms with Gasteiger partial charge in [-0.2, -0.15) is 5.10 Å². The van der Waals surface area contributed by atoms with Gasteiger partial charge in [-0.05, 0) is 49.5 Å². The van der Waals surface area contributed by atoms with Gasteiger partial charge in [-0.15, -0.1) is 0 Å². The second-order valence-electron chi connectivity index (χ2n) is 7.75. The lowest BCUT2D eigenvalue weighted by atomic mass is 9.73. The first-order chi connectivity index (χ1) is 11.6. The lowest BCUT2D eigenvalue weighted by Gasteiger charge is -2.41. The van der Waals surface area contributed by atoms with Crippen LogP contribution in [0.4, 0.5) is 9.59 Å². The number of carbonyl (C=O) groups excluding carboxylic acids is 1. The van der Waals surface area contributed by atoms with E-state index in [-0.39, 0.29) is 11.5 Å². The van der Waals surface area contributed by atoms with Crippen molar-refractivity contribution in [1.29, 1.82) is 0 Å². The molecule has 3 heterocycles. The Morgan fingerprint density at radius 3 is 2.60 bits per heavy atom. The van der Waals surface area contributed by atoms with Crippen molar-refractivity contribution in [2.24, 2.45) is 5.41 Å². The summed E-state index contributed by atoms with van der Waals surface area (Å²) in [7, 11) is 0. The van der Waals surface area contributed by atoms with E-state index < -0.39 is 17.8 Å². The molecule has 0 aromatic carbocycles. The summed E-state index contributed by atoms with van der Waals surface area (Å²) >= 11 is 3.51. The molecule has 138 valence electrons. The fourth-order valence-corrected chi connectivity index (χ4v) is 4.23. The average molecular weight is 415 g/mol. The Labute approximate surface area is 154 Å². The van der Waals surface area contributed by atoms with Crippen molar-refractivity contribution in [3.63, 3.8) is 0 Å². The van der Waals surface area contributed by atoms with Gasteiger partial charge in [-0.1, -0.05) is 0 Å². The number of halogens is 1. The number of alkyl carbamates (subject to hydrolysis) is 1. The van der Waals surface area contributed by atoms with E-state index in [1.165, 1.54) is 4.90 Å². The molecule has 25 heavy (non-hydrogen) atoms. The maximum Gasteiger partial charge on any atom is 0.408 e. The van der Waals surface area contributed by atoms with Crippen molar-refractivity contribution < 1.29 is 19.4 Å². The fraction of sp³-hybridized carbons (Fsp3) is 0.688. The van der Waals surface area contributed by atoms with Crippen molar-refractivity contribution >= 4 is 28.1 Å². The summed E-state index contributed by atoms with van der Waals surface area (Å²) in [6.07, 6.45) is 1.67. The first-order valence-corrected chi connectivity index (χ1v) is 9.09. The fourth-order valence-electron chi connectivity index (χ4n) is 3.70. The van der Waals surface area contributed by atoms with Crippen LogP contribution in [0.5, 0.6) is 0 Å². The molecule has 2 amide bonds. The summed E-state index contributed by atoms with van der Waals surface area (Å²) < 4.78 is 8.16. The molecule has 0 unspecified atom stereocenters. The number of ether oxygens (including phenoxy) is 1. The van der Waals surface area contributed by atoms with Gasteiger partial charge >= 0.3 is 12.2 Å². The van der Waals surface area contributed by atoms with Gasteiger partial charge in [-0.3, -0.25) is 4.68 Å². The summed E-state index contributed by atoms with van der Waals surface area (Å²) in [5.41, 5.74) is 0.0734. The number of hydrogen-bond donors (Lipinski definition) is 2. The van der Waals surface area contributed by atoms with Gasteiger partial charge in [0.1, 0.15) is 5.60 Å². The lowest BCUT2D eigenvalue weighted by molar-refractivity contribution is 0.0332. The number of carbonyl (C=O) groups is 2. The van der Waals surface area contributed by atoms with Crippen molar-refractivity contribution in [3.05, 3.63) is 16.4 Å². The molecule has 1 fully saturated rings. The molecule has 0 aliphatic carbocycles. The number of piperidine rings is 1. The smallest absolute Gasteiger partial charge is 0.408 e. The van der Waals surface area contributed by atoms with Crippen LogP contribution >= 0.6 is 15.9 Å². The normalized spacial score (nSPS) is 21.9. The summed E-state index contributed by atoms with van der Waals surface area (Å²) in [5.74, 6) is 0. The molecule has 2 aliphatic heterocycles. The summed E-state index contributed by atoms with van der Waals surface area (Å²) in [5, 5.41) is 16.6. The minimum atomic E-state index is -0.900. The minimum absolute atomic E-state index is 0.255. The number of likely N-dealkylation sites (tertiary alicyclic amines) is 1. The number of amides is 2. The molecule has 0 radical (unpaired) electrons. The molecular formula is C16H23BrN4O4. The Morgan fingerprint density at radius 2 is 2.04 bits per heavy atom. The van der Waals surface area contributed by atoms with Crippen molar-refractivity contribution in [2.75, 3.05) is 13.1 Å². The molecule has 1 saturated heterocycles. The number of nitrogens with one attached hydrogen (secondary N) is 1. The third-order valence-corrected chi connectivity index (χ3v) is 5.49. The predicted octanol–water partition coefficient (Wildman–Crippen LogP) is 2.99. The summed E-state index contributed by atoms with van der Waals surface area (Å²) in [4.78, 5) is 25.0. The highest BCUT2D eigenvalue weighted by atomic mass is 79.9. The zero-order valence-electron chi connectivity index (χ0n) is 14.6. The monoisotopic (exact) mass is 414 g/mol. The number of fused-ring (bicyclic) bond motifs is 1. The highest BCUT2D eigenvalue weighted by Gasteiger charge is 2.51. The predicted molar refractivity (Wildman–Crippen MR) is 93.3 cm³/mol. The maximum atomic E-state index is 12.4. The van der Waals surface area contributed by atoms with Gasteiger partial charge in [0.15, 0.2) is 0 Å². The molecule has 3 rings (SSSR count). The van der Waals surface area contributed by atoms with E-state index in [0.717, 1.165) is 10.2 Å². The number of hydrogen-bond acceptors (Lipinski definition) is 4. The van der Waals surface area contributed by atoms with E-state index in [0.29, 0.717) is 32.5 Å². The van der Waals surface area contributed by atoms with E-state index in [1.807, 2.05) is 25.5 Å². The molecule has 1 aromatic rings. The number of carboxylic acid groups (broad SMARTS) is 1. The van der Waals surface area contributed by atoms with Crippen LogP contribution in [0, 0.1) is 5.41 Å². The van der Waals surface area contributed by atoms with E-state index in [9.17, 15) is 14.7 Å². The zero-order chi connectivity index (χ0) is 18.4. The molecule has 0 saturated carbocycles. The Hall–Kier alpha value is -1.77. The van der Waals surface area contributed by atoms with Crippen LogP contribution in [0.15, 0.2) is 10.7 Å². The van der Waals surface area contributed by atoms with Gasteiger partial charge < -0.3 is 20.1 Å². The molecule has 2 aliphatic rings. The van der Waals surface area contributed by atoms with Gasteiger partial charge in [-0.25, -0.2) is 9.59 Å². The van der Waals surface area contributed by atoms with Crippen molar-refractivity contribution in [3.8, 4) is 0 Å². The second-order valence-corrected chi connectivity index (χ2v) is 8.60. The molecule has 2 N–H and O–H groups in total. The summed E-state index contributed by atoms with van der Waals surface area (Å²) in [6, 6.07) is -0.268. The highest BCUT2D eigenvalue weighted by Crippen LogP contribution is 2.50. The van der Waals surface area contributed by atoms with E-state index in [2.05, 4.69) is 26.3 Å². The van der Waals surface area contributed by atoms with Gasteiger partial charge in [0, 0.05) is 25.0 Å². The van der Waals surface area contributed by atoms with Crippen LogP contribution in [0.2, 0.25) is 0 Å². The SMILES string of the molecule is CC(C)(C)OC(=O)N[C@@H]1c2c(Br)cnn2CC12CCN(C(=O)O)CC2. The molecule has 8 nitrogen and oxygen atoms in total. The number of rotatable bonds is 1. The molecular weight excluding hydrogens is 392 g/mol.